The van der Waals surface area contributed by atoms with Gasteiger partial charge in [0.2, 0.25) is 5.91 Å². The third-order valence-corrected chi connectivity index (χ3v) is 5.71. The number of amides is 1. The molecule has 0 spiro atoms. The molecule has 2 atom stereocenters. The lowest BCUT2D eigenvalue weighted by molar-refractivity contribution is -0.128. The fraction of sp³-hybridized carbons (Fsp3) is 0.714. The van der Waals surface area contributed by atoms with Crippen LogP contribution in [0, 0.1) is 5.41 Å². The largest absolute Gasteiger partial charge is 0.376 e. The summed E-state index contributed by atoms with van der Waals surface area (Å²) in [4.78, 5) is 20.6. The minimum absolute atomic E-state index is 0.0560. The molecule has 0 saturated carbocycles. The summed E-state index contributed by atoms with van der Waals surface area (Å²) in [6.07, 6.45) is 0.244. The van der Waals surface area contributed by atoms with E-state index in [2.05, 4.69) is 52.2 Å². The van der Waals surface area contributed by atoms with Crippen molar-refractivity contribution in [3.8, 4) is 0 Å². The van der Waals surface area contributed by atoms with Gasteiger partial charge in [0.05, 0.1) is 25.3 Å². The fourth-order valence-electron chi connectivity index (χ4n) is 3.14. The number of carbonyl (C=O) groups excluding carboxylic acids is 1. The SMILES string of the molecule is CCNC(=NCC(c1cccs1)N1CCOC(C)C1)NCCNC(=O)C(C)(C)C. The average molecular weight is 424 g/mol. The van der Waals surface area contributed by atoms with E-state index >= 15 is 0 Å². The highest BCUT2D eigenvalue weighted by atomic mass is 32.1. The van der Waals surface area contributed by atoms with E-state index in [0.717, 1.165) is 32.2 Å². The standard InChI is InChI=1S/C21H37N5O2S/c1-6-22-20(24-10-9-23-19(27)21(3,4)5)25-14-17(18-8-7-13-29-18)26-11-12-28-16(2)15-26/h7-8,13,16-17H,6,9-12,14-15H2,1-5H3,(H,23,27)(H2,22,24,25). The highest BCUT2D eigenvalue weighted by Gasteiger charge is 2.26. The van der Waals surface area contributed by atoms with Gasteiger partial charge in [0, 0.05) is 43.0 Å². The maximum Gasteiger partial charge on any atom is 0.225 e. The van der Waals surface area contributed by atoms with Crippen molar-refractivity contribution in [2.75, 3.05) is 45.9 Å². The van der Waals surface area contributed by atoms with Crippen molar-refractivity contribution < 1.29 is 9.53 Å². The maximum atomic E-state index is 12.0. The molecule has 1 saturated heterocycles. The van der Waals surface area contributed by atoms with Crippen LogP contribution in [0.25, 0.3) is 0 Å². The molecule has 0 bridgehead atoms. The van der Waals surface area contributed by atoms with Gasteiger partial charge >= 0.3 is 0 Å². The van der Waals surface area contributed by atoms with E-state index < -0.39 is 0 Å². The Bertz CT molecular complexity index is 642. The minimum Gasteiger partial charge on any atom is -0.376 e. The summed E-state index contributed by atoms with van der Waals surface area (Å²) < 4.78 is 5.72. The first kappa shape index (κ1) is 23.6. The highest BCUT2D eigenvalue weighted by Crippen LogP contribution is 2.27. The van der Waals surface area contributed by atoms with Crippen LogP contribution in [0.2, 0.25) is 0 Å². The molecule has 0 aromatic carbocycles. The van der Waals surface area contributed by atoms with Gasteiger partial charge in [-0.1, -0.05) is 26.8 Å². The van der Waals surface area contributed by atoms with E-state index in [1.165, 1.54) is 4.88 Å². The quantitative estimate of drug-likeness (QED) is 0.340. The second-order valence-electron chi connectivity index (χ2n) is 8.36. The van der Waals surface area contributed by atoms with Crippen LogP contribution in [-0.2, 0) is 9.53 Å². The molecule has 1 aliphatic rings. The van der Waals surface area contributed by atoms with Gasteiger partial charge in [-0.3, -0.25) is 14.7 Å². The van der Waals surface area contributed by atoms with E-state index in [0.29, 0.717) is 19.6 Å². The summed E-state index contributed by atoms with van der Waals surface area (Å²) in [6, 6.07) is 4.53. The molecule has 0 aliphatic carbocycles. The van der Waals surface area contributed by atoms with Crippen LogP contribution >= 0.6 is 11.3 Å². The molecule has 1 aromatic heterocycles. The lowest BCUT2D eigenvalue weighted by Gasteiger charge is -2.36. The molecule has 1 fully saturated rings. The first-order valence-electron chi connectivity index (χ1n) is 10.5. The molecule has 8 heteroatoms. The van der Waals surface area contributed by atoms with Crippen molar-refractivity contribution >= 4 is 23.2 Å². The van der Waals surface area contributed by atoms with Gasteiger partial charge in [0.15, 0.2) is 5.96 Å². The van der Waals surface area contributed by atoms with Crippen LogP contribution in [0.15, 0.2) is 22.5 Å². The lowest BCUT2D eigenvalue weighted by atomic mass is 9.96. The predicted octanol–water partition coefficient (Wildman–Crippen LogP) is 2.23. The monoisotopic (exact) mass is 423 g/mol. The Morgan fingerprint density at radius 1 is 1.34 bits per heavy atom. The molecule has 1 aliphatic heterocycles. The molecule has 7 nitrogen and oxygen atoms in total. The third kappa shape index (κ3) is 7.95. The number of ether oxygens (including phenoxy) is 1. The lowest BCUT2D eigenvalue weighted by Crippen LogP contribution is -2.45. The van der Waals surface area contributed by atoms with Crippen molar-refractivity contribution in [1.29, 1.82) is 0 Å². The van der Waals surface area contributed by atoms with E-state index in [4.69, 9.17) is 9.73 Å². The van der Waals surface area contributed by atoms with Gasteiger partial charge in [0.25, 0.3) is 0 Å². The maximum absolute atomic E-state index is 12.0. The molecule has 29 heavy (non-hydrogen) atoms. The minimum atomic E-state index is -0.373. The van der Waals surface area contributed by atoms with E-state index in [1.807, 2.05) is 20.8 Å². The zero-order chi connectivity index (χ0) is 21.3. The molecular weight excluding hydrogens is 386 g/mol. The van der Waals surface area contributed by atoms with Gasteiger partial charge in [-0.25, -0.2) is 0 Å². The molecule has 2 heterocycles. The smallest absolute Gasteiger partial charge is 0.225 e. The molecule has 1 amide bonds. The van der Waals surface area contributed by atoms with Crippen molar-refractivity contribution in [2.24, 2.45) is 10.4 Å². The summed E-state index contributed by atoms with van der Waals surface area (Å²) in [7, 11) is 0. The number of guanidine groups is 1. The fourth-order valence-corrected chi connectivity index (χ4v) is 3.99. The van der Waals surface area contributed by atoms with Crippen LogP contribution in [0.3, 0.4) is 0 Å². The number of nitrogens with one attached hydrogen (secondary N) is 3. The highest BCUT2D eigenvalue weighted by molar-refractivity contribution is 7.10. The van der Waals surface area contributed by atoms with Gasteiger partial charge in [-0.2, -0.15) is 0 Å². The zero-order valence-electron chi connectivity index (χ0n) is 18.5. The normalized spacial score (nSPS) is 19.6. The Hall–Kier alpha value is -1.64. The Morgan fingerprint density at radius 3 is 2.72 bits per heavy atom. The number of thiophene rings is 1. The van der Waals surface area contributed by atoms with Crippen LogP contribution in [0.1, 0.15) is 45.5 Å². The van der Waals surface area contributed by atoms with Crippen LogP contribution in [-0.4, -0.2) is 68.7 Å². The Balaban J connectivity index is 1.95. The molecule has 1 aromatic rings. The van der Waals surface area contributed by atoms with Gasteiger partial charge in [-0.15, -0.1) is 11.3 Å². The first-order valence-corrected chi connectivity index (χ1v) is 11.4. The summed E-state index contributed by atoms with van der Waals surface area (Å²) in [5.74, 6) is 0.834. The number of carbonyl (C=O) groups is 1. The second-order valence-corrected chi connectivity index (χ2v) is 9.34. The van der Waals surface area contributed by atoms with E-state index in [9.17, 15) is 4.79 Å². The van der Waals surface area contributed by atoms with Crippen LogP contribution in [0.4, 0.5) is 0 Å². The van der Waals surface area contributed by atoms with Gasteiger partial charge < -0.3 is 20.7 Å². The van der Waals surface area contributed by atoms with Crippen molar-refractivity contribution in [3.63, 3.8) is 0 Å². The molecule has 2 unspecified atom stereocenters. The molecule has 2 rings (SSSR count). The van der Waals surface area contributed by atoms with Crippen LogP contribution < -0.4 is 16.0 Å². The number of morpholine rings is 1. The van der Waals surface area contributed by atoms with Crippen molar-refractivity contribution in [3.05, 3.63) is 22.4 Å². The van der Waals surface area contributed by atoms with E-state index in [1.54, 1.807) is 11.3 Å². The number of hydrogen-bond acceptors (Lipinski definition) is 5. The number of aliphatic imine (C=N–C) groups is 1. The van der Waals surface area contributed by atoms with Gasteiger partial charge in [-0.05, 0) is 25.3 Å². The summed E-state index contributed by atoms with van der Waals surface area (Å²) in [6.45, 7) is 15.2. The molecular formula is C21H37N5O2S. The summed E-state index contributed by atoms with van der Waals surface area (Å²) >= 11 is 1.78. The summed E-state index contributed by atoms with van der Waals surface area (Å²) in [5, 5.41) is 11.7. The molecule has 164 valence electrons. The Morgan fingerprint density at radius 2 is 2.10 bits per heavy atom. The molecule has 0 radical (unpaired) electrons. The predicted molar refractivity (Wildman–Crippen MR) is 120 cm³/mol. The Kier molecular flexibility index (Phi) is 9.39. The van der Waals surface area contributed by atoms with Gasteiger partial charge in [0.1, 0.15) is 0 Å². The second kappa shape index (κ2) is 11.5. The van der Waals surface area contributed by atoms with E-state index in [-0.39, 0.29) is 23.5 Å². The van der Waals surface area contributed by atoms with Crippen molar-refractivity contribution in [2.45, 2.75) is 46.8 Å². The summed E-state index contributed by atoms with van der Waals surface area (Å²) in [5.41, 5.74) is -0.373. The zero-order valence-corrected chi connectivity index (χ0v) is 19.3. The van der Waals surface area contributed by atoms with Crippen LogP contribution in [0.5, 0.6) is 0 Å². The Labute approximate surface area is 179 Å². The molecule has 3 N–H and O–H groups in total. The van der Waals surface area contributed by atoms with Crippen molar-refractivity contribution in [1.82, 2.24) is 20.9 Å². The average Bonchev–Trinajstić information content (AvgIpc) is 3.18. The third-order valence-electron chi connectivity index (χ3n) is 4.74. The topological polar surface area (TPSA) is 78.0 Å². The number of hydrogen-bond donors (Lipinski definition) is 3. The first-order chi connectivity index (χ1) is 13.8. The number of nitrogens with zero attached hydrogens (tertiary/aromatic N) is 2. The number of rotatable bonds is 8.